The molecule has 0 saturated carbocycles. The standard InChI is InChI=1S/C6H8O4S/c1-10-6(7)5-3-2-4-11(5,8)9/h2-3,5H,4H2,1H3. The average molecular weight is 176 g/mol. The summed E-state index contributed by atoms with van der Waals surface area (Å²) >= 11 is 0. The molecule has 0 aromatic carbocycles. The molecule has 0 bridgehead atoms. The van der Waals surface area contributed by atoms with Crippen LogP contribution in [0.2, 0.25) is 0 Å². The van der Waals surface area contributed by atoms with E-state index >= 15 is 0 Å². The van der Waals surface area contributed by atoms with E-state index in [9.17, 15) is 13.2 Å². The lowest BCUT2D eigenvalue weighted by molar-refractivity contribution is -0.139. The van der Waals surface area contributed by atoms with Gasteiger partial charge in [0.2, 0.25) is 0 Å². The third-order valence-corrected chi connectivity index (χ3v) is 3.24. The maximum Gasteiger partial charge on any atom is 0.328 e. The minimum Gasteiger partial charge on any atom is -0.468 e. The van der Waals surface area contributed by atoms with Crippen molar-refractivity contribution >= 4 is 15.8 Å². The second-order valence-electron chi connectivity index (χ2n) is 2.20. The van der Waals surface area contributed by atoms with Crippen molar-refractivity contribution in [3.63, 3.8) is 0 Å². The predicted octanol–water partition coefficient (Wildman–Crippen LogP) is -0.487. The molecule has 1 heterocycles. The molecule has 0 fully saturated rings. The van der Waals surface area contributed by atoms with Gasteiger partial charge in [-0.15, -0.1) is 0 Å². The Balaban J connectivity index is 2.89. The molecule has 5 heteroatoms. The summed E-state index contributed by atoms with van der Waals surface area (Å²) in [5.74, 6) is -0.772. The van der Waals surface area contributed by atoms with Crippen LogP contribution in [-0.4, -0.2) is 32.5 Å². The Bertz CT molecular complexity index is 288. The zero-order valence-electron chi connectivity index (χ0n) is 5.98. The van der Waals surface area contributed by atoms with Crippen LogP contribution in [0.25, 0.3) is 0 Å². The van der Waals surface area contributed by atoms with E-state index in [2.05, 4.69) is 4.74 Å². The molecule has 0 amide bonds. The fraction of sp³-hybridized carbons (Fsp3) is 0.500. The van der Waals surface area contributed by atoms with E-state index in [4.69, 9.17) is 0 Å². The number of carbonyl (C=O) groups is 1. The van der Waals surface area contributed by atoms with Gasteiger partial charge in [-0.3, -0.25) is 4.79 Å². The second kappa shape index (κ2) is 2.65. The molecule has 0 aliphatic carbocycles. The highest BCUT2D eigenvalue weighted by Crippen LogP contribution is 2.13. The Morgan fingerprint density at radius 2 is 2.27 bits per heavy atom. The summed E-state index contributed by atoms with van der Waals surface area (Å²) in [4.78, 5) is 10.8. The molecular weight excluding hydrogens is 168 g/mol. The van der Waals surface area contributed by atoms with Crippen LogP contribution in [-0.2, 0) is 19.4 Å². The molecule has 62 valence electrons. The van der Waals surface area contributed by atoms with Gasteiger partial charge in [0.1, 0.15) is 0 Å². The normalized spacial score (nSPS) is 26.8. The van der Waals surface area contributed by atoms with Crippen molar-refractivity contribution in [1.29, 1.82) is 0 Å². The maximum absolute atomic E-state index is 11.0. The van der Waals surface area contributed by atoms with Crippen molar-refractivity contribution in [2.45, 2.75) is 5.25 Å². The maximum atomic E-state index is 11.0. The quantitative estimate of drug-likeness (QED) is 0.399. The van der Waals surface area contributed by atoms with E-state index in [1.54, 1.807) is 0 Å². The van der Waals surface area contributed by atoms with Gasteiger partial charge >= 0.3 is 5.97 Å². The summed E-state index contributed by atoms with van der Waals surface area (Å²) in [5.41, 5.74) is 0. The van der Waals surface area contributed by atoms with Crippen molar-refractivity contribution in [2.75, 3.05) is 12.9 Å². The zero-order chi connectivity index (χ0) is 8.48. The molecular formula is C6H8O4S. The van der Waals surface area contributed by atoms with Crippen LogP contribution >= 0.6 is 0 Å². The molecule has 1 atom stereocenters. The lowest BCUT2D eigenvalue weighted by Crippen LogP contribution is -2.27. The van der Waals surface area contributed by atoms with E-state index in [0.717, 1.165) is 0 Å². The van der Waals surface area contributed by atoms with E-state index in [1.807, 2.05) is 0 Å². The van der Waals surface area contributed by atoms with Crippen LogP contribution in [0.3, 0.4) is 0 Å². The molecule has 0 aromatic heterocycles. The summed E-state index contributed by atoms with van der Waals surface area (Å²) in [6.07, 6.45) is 2.80. The topological polar surface area (TPSA) is 60.4 Å². The first kappa shape index (κ1) is 8.26. The van der Waals surface area contributed by atoms with Gasteiger partial charge in [0, 0.05) is 0 Å². The molecule has 4 nitrogen and oxygen atoms in total. The fourth-order valence-electron chi connectivity index (χ4n) is 0.878. The van der Waals surface area contributed by atoms with E-state index in [1.165, 1.54) is 19.3 Å². The molecule has 1 rings (SSSR count). The molecule has 0 spiro atoms. The average Bonchev–Trinajstić information content (AvgIpc) is 2.28. The lowest BCUT2D eigenvalue weighted by atomic mass is 10.4. The molecule has 0 aromatic rings. The molecule has 0 radical (unpaired) electrons. The zero-order valence-corrected chi connectivity index (χ0v) is 6.80. The van der Waals surface area contributed by atoms with E-state index < -0.39 is 21.1 Å². The van der Waals surface area contributed by atoms with Gasteiger partial charge < -0.3 is 4.74 Å². The number of esters is 1. The SMILES string of the molecule is COC(=O)C1C=CCS1(=O)=O. The van der Waals surface area contributed by atoms with Crippen molar-refractivity contribution in [2.24, 2.45) is 0 Å². The largest absolute Gasteiger partial charge is 0.468 e. The molecule has 0 N–H and O–H groups in total. The van der Waals surface area contributed by atoms with Crippen LogP contribution in [0.4, 0.5) is 0 Å². The Morgan fingerprint density at radius 3 is 2.64 bits per heavy atom. The minimum atomic E-state index is -3.28. The molecule has 1 aliphatic rings. The Labute approximate surface area is 64.8 Å². The first-order valence-electron chi connectivity index (χ1n) is 3.04. The van der Waals surface area contributed by atoms with Gasteiger partial charge in [-0.25, -0.2) is 8.42 Å². The third-order valence-electron chi connectivity index (χ3n) is 1.46. The number of sulfone groups is 1. The van der Waals surface area contributed by atoms with Crippen LogP contribution in [0.1, 0.15) is 0 Å². The summed E-state index contributed by atoms with van der Waals surface area (Å²) in [6, 6.07) is 0. The monoisotopic (exact) mass is 176 g/mol. The van der Waals surface area contributed by atoms with Crippen LogP contribution in [0, 0.1) is 0 Å². The second-order valence-corrected chi connectivity index (χ2v) is 4.37. The van der Waals surface area contributed by atoms with Crippen LogP contribution in [0.5, 0.6) is 0 Å². The van der Waals surface area contributed by atoms with Gasteiger partial charge in [-0.1, -0.05) is 12.2 Å². The van der Waals surface area contributed by atoms with Crippen LogP contribution < -0.4 is 0 Å². The molecule has 1 unspecified atom stereocenters. The third kappa shape index (κ3) is 1.42. The number of hydrogen-bond donors (Lipinski definition) is 0. The van der Waals surface area contributed by atoms with Crippen molar-refractivity contribution in [3.05, 3.63) is 12.2 Å². The van der Waals surface area contributed by atoms with Gasteiger partial charge in [-0.05, 0) is 0 Å². The number of carbonyl (C=O) groups excluding carboxylic acids is 1. The van der Waals surface area contributed by atoms with Gasteiger partial charge in [-0.2, -0.15) is 0 Å². The number of methoxy groups -OCH3 is 1. The summed E-state index contributed by atoms with van der Waals surface area (Å²) in [6.45, 7) is 0. The highest BCUT2D eigenvalue weighted by molar-refractivity contribution is 7.93. The Kier molecular flexibility index (Phi) is 1.99. The fourth-order valence-corrected chi connectivity index (χ4v) is 2.20. The van der Waals surface area contributed by atoms with Gasteiger partial charge in [0.15, 0.2) is 15.1 Å². The molecule has 0 saturated heterocycles. The van der Waals surface area contributed by atoms with E-state index in [-0.39, 0.29) is 5.75 Å². The highest BCUT2D eigenvalue weighted by atomic mass is 32.2. The van der Waals surface area contributed by atoms with Crippen molar-refractivity contribution in [1.82, 2.24) is 0 Å². The predicted molar refractivity (Wildman–Crippen MR) is 38.7 cm³/mol. The van der Waals surface area contributed by atoms with Crippen molar-refractivity contribution < 1.29 is 17.9 Å². The number of hydrogen-bond acceptors (Lipinski definition) is 4. The van der Waals surface area contributed by atoms with E-state index in [0.29, 0.717) is 0 Å². The number of rotatable bonds is 1. The van der Waals surface area contributed by atoms with Gasteiger partial charge in [0.25, 0.3) is 0 Å². The number of ether oxygens (including phenoxy) is 1. The summed E-state index contributed by atoms with van der Waals surface area (Å²) < 4.78 is 26.3. The highest BCUT2D eigenvalue weighted by Gasteiger charge is 2.33. The summed E-state index contributed by atoms with van der Waals surface area (Å²) in [7, 11) is -2.11. The molecule has 11 heavy (non-hydrogen) atoms. The smallest absolute Gasteiger partial charge is 0.328 e. The van der Waals surface area contributed by atoms with Gasteiger partial charge in [0.05, 0.1) is 12.9 Å². The lowest BCUT2D eigenvalue weighted by Gasteiger charge is -2.03. The van der Waals surface area contributed by atoms with Crippen LogP contribution in [0.15, 0.2) is 12.2 Å². The summed E-state index contributed by atoms with van der Waals surface area (Å²) in [5, 5.41) is -1.08. The first-order chi connectivity index (χ1) is 5.08. The Morgan fingerprint density at radius 1 is 1.64 bits per heavy atom. The van der Waals surface area contributed by atoms with Crippen molar-refractivity contribution in [3.8, 4) is 0 Å². The minimum absolute atomic E-state index is 0.0627. The molecule has 1 aliphatic heterocycles. The first-order valence-corrected chi connectivity index (χ1v) is 4.75. The Hall–Kier alpha value is -0.840.